The third kappa shape index (κ3) is 6.02. The third-order valence-corrected chi connectivity index (χ3v) is 5.50. The van der Waals surface area contributed by atoms with Gasteiger partial charge in [0.1, 0.15) is 17.1 Å². The summed E-state index contributed by atoms with van der Waals surface area (Å²) in [5.41, 5.74) is 2.87. The molecule has 0 radical (unpaired) electrons. The van der Waals surface area contributed by atoms with E-state index in [0.717, 1.165) is 35.3 Å². The van der Waals surface area contributed by atoms with Crippen molar-refractivity contribution in [3.05, 3.63) is 95.8 Å². The van der Waals surface area contributed by atoms with Gasteiger partial charge in [-0.25, -0.2) is 9.37 Å². The minimum absolute atomic E-state index is 0.145. The molecule has 0 spiro atoms. The van der Waals surface area contributed by atoms with Crippen molar-refractivity contribution < 1.29 is 18.3 Å². The Morgan fingerprint density at radius 2 is 1.91 bits per heavy atom. The Kier molecular flexibility index (Phi) is 7.25. The van der Waals surface area contributed by atoms with Crippen molar-refractivity contribution in [2.45, 2.75) is 18.1 Å². The fourth-order valence-corrected chi connectivity index (χ4v) is 3.80. The molecule has 0 bridgehead atoms. The lowest BCUT2D eigenvalue weighted by molar-refractivity contribution is 0.104. The van der Waals surface area contributed by atoms with Crippen LogP contribution in [0.4, 0.5) is 4.39 Å². The molecule has 0 saturated heterocycles. The maximum Gasteiger partial charge on any atom is 0.247 e. The van der Waals surface area contributed by atoms with Crippen molar-refractivity contribution in [3.8, 4) is 5.75 Å². The number of ketones is 1. The molecule has 0 atom stereocenters. The summed E-state index contributed by atoms with van der Waals surface area (Å²) in [4.78, 5) is 16.7. The van der Waals surface area contributed by atoms with Crippen molar-refractivity contribution >= 4 is 39.7 Å². The van der Waals surface area contributed by atoms with Crippen LogP contribution in [-0.4, -0.2) is 22.7 Å². The van der Waals surface area contributed by atoms with Gasteiger partial charge in [0.15, 0.2) is 11.4 Å². The molecule has 4 aromatic rings. The van der Waals surface area contributed by atoms with Crippen molar-refractivity contribution in [3.63, 3.8) is 0 Å². The number of unbranched alkanes of at least 4 members (excludes halogenated alkanes) is 1. The quantitative estimate of drug-likeness (QED) is 0.107. The molecule has 0 N–H and O–H groups in total. The first-order valence-corrected chi connectivity index (χ1v) is 11.2. The fraction of sp³-hybridized carbons (Fsp3) is 0.115. The number of hydrogen-bond acceptors (Lipinski definition) is 4. The highest BCUT2D eigenvalue weighted by Gasteiger charge is 2.03. The molecule has 0 amide bonds. The summed E-state index contributed by atoms with van der Waals surface area (Å²) in [6, 6.07) is 20.8. The number of benzene rings is 3. The first-order valence-electron chi connectivity index (χ1n) is 10.3. The van der Waals surface area contributed by atoms with E-state index < -0.39 is 0 Å². The summed E-state index contributed by atoms with van der Waals surface area (Å²) in [6.07, 6.45) is 4.79. The number of carbonyl (C=O) groups is 1. The Balaban J connectivity index is 1.21. The van der Waals surface area contributed by atoms with Gasteiger partial charge in [0.2, 0.25) is 5.22 Å². The first kappa shape index (κ1) is 21.7. The number of thiol groups is 1. The number of aromatic nitrogens is 1. The Morgan fingerprint density at radius 3 is 2.72 bits per heavy atom. The van der Waals surface area contributed by atoms with Crippen LogP contribution in [-0.2, 0) is 0 Å². The van der Waals surface area contributed by atoms with E-state index in [2.05, 4.69) is 10.4 Å². The van der Waals surface area contributed by atoms with E-state index >= 15 is 0 Å². The van der Waals surface area contributed by atoms with Gasteiger partial charge in [0.05, 0.1) is 6.61 Å². The Morgan fingerprint density at radius 1 is 1.06 bits per heavy atom. The summed E-state index contributed by atoms with van der Waals surface area (Å²) in [5, 5.41) is 2.81. The third-order valence-electron chi connectivity index (χ3n) is 4.65. The smallest absolute Gasteiger partial charge is 0.247 e. The van der Waals surface area contributed by atoms with Crippen LogP contribution in [0.5, 0.6) is 5.75 Å². The highest BCUT2D eigenvalue weighted by Crippen LogP contribution is 2.19. The van der Waals surface area contributed by atoms with Crippen LogP contribution < -0.4 is 4.74 Å². The van der Waals surface area contributed by atoms with Crippen LogP contribution in [0.3, 0.4) is 0 Å². The van der Waals surface area contributed by atoms with Crippen molar-refractivity contribution in [2.75, 3.05) is 6.61 Å². The summed E-state index contributed by atoms with van der Waals surface area (Å²) >= 11 is 0.952. The predicted molar refractivity (Wildman–Crippen MR) is 128 cm³/mol. The van der Waals surface area contributed by atoms with E-state index in [-0.39, 0.29) is 11.6 Å². The van der Waals surface area contributed by atoms with E-state index in [1.165, 1.54) is 18.2 Å². The Hall–Kier alpha value is -3.51. The highest BCUT2D eigenvalue weighted by molar-refractivity contribution is 7.97. The molecule has 6 heteroatoms. The maximum absolute atomic E-state index is 13.2. The van der Waals surface area contributed by atoms with E-state index in [1.807, 2.05) is 24.3 Å². The van der Waals surface area contributed by atoms with Crippen LogP contribution >= 0.6 is 11.4 Å². The van der Waals surface area contributed by atoms with Crippen LogP contribution in [0, 0.1) is 5.82 Å². The lowest BCUT2D eigenvalue weighted by Crippen LogP contribution is -1.99. The standard InChI is InChI=1S/C26H22FNO3S/c27-21-7-5-6-19(18-21)10-15-24(29)20-11-13-22(14-12-20)30-16-3-4-17-32-26-28-23-8-1-2-9-25(23)31-26/h1-2,5-15,17-18,32H,3-4,16H2/b15-10+. The summed E-state index contributed by atoms with van der Waals surface area (Å²) in [5.74, 6) is 0.241. The largest absolute Gasteiger partial charge is 0.494 e. The van der Waals surface area contributed by atoms with Crippen molar-refractivity contribution in [1.29, 1.82) is 0 Å². The second kappa shape index (κ2) is 10.7. The second-order valence-corrected chi connectivity index (χ2v) is 8.05. The molecule has 4 nitrogen and oxygen atoms in total. The SMILES string of the molecule is O=C(/C=C/c1cccc(F)c1)c1ccc(OCCCC=[SH]c2nc3ccccc3o2)cc1. The van der Waals surface area contributed by atoms with Gasteiger partial charge in [-0.15, -0.1) is 11.4 Å². The molecular weight excluding hydrogens is 425 g/mol. The molecule has 4 rings (SSSR count). The number of nitrogens with zero attached hydrogens (tertiary/aromatic N) is 1. The first-order chi connectivity index (χ1) is 15.7. The highest BCUT2D eigenvalue weighted by atomic mass is 32.1. The van der Waals surface area contributed by atoms with Gasteiger partial charge in [-0.05, 0) is 73.0 Å². The molecule has 0 aliphatic carbocycles. The molecule has 3 aromatic carbocycles. The van der Waals surface area contributed by atoms with Crippen molar-refractivity contribution in [2.24, 2.45) is 0 Å². The Bertz CT molecular complexity index is 1230. The maximum atomic E-state index is 13.2. The number of para-hydroxylation sites is 2. The molecule has 1 heterocycles. The van der Waals surface area contributed by atoms with Crippen molar-refractivity contribution in [1.82, 2.24) is 4.98 Å². The average molecular weight is 448 g/mol. The van der Waals surface area contributed by atoms with Crippen LogP contribution in [0.15, 0.2) is 88.5 Å². The minimum atomic E-state index is -0.329. The van der Waals surface area contributed by atoms with E-state index in [1.54, 1.807) is 42.5 Å². The number of carbonyl (C=O) groups excluding carboxylic acids is 1. The number of halogens is 1. The van der Waals surface area contributed by atoms with E-state index in [9.17, 15) is 9.18 Å². The average Bonchev–Trinajstić information content (AvgIpc) is 3.23. The topological polar surface area (TPSA) is 52.3 Å². The van der Waals surface area contributed by atoms with Gasteiger partial charge in [-0.2, -0.15) is 0 Å². The number of allylic oxidation sites excluding steroid dienone is 1. The van der Waals surface area contributed by atoms with Gasteiger partial charge in [-0.1, -0.05) is 35.7 Å². The molecule has 0 aliphatic heterocycles. The molecular formula is C26H22FNO3S. The minimum Gasteiger partial charge on any atom is -0.494 e. The van der Waals surface area contributed by atoms with Gasteiger partial charge < -0.3 is 9.15 Å². The second-order valence-electron chi connectivity index (χ2n) is 7.04. The molecule has 1 aromatic heterocycles. The summed E-state index contributed by atoms with van der Waals surface area (Å²) in [6.45, 7) is 0.576. The van der Waals surface area contributed by atoms with Crippen LogP contribution in [0.1, 0.15) is 28.8 Å². The molecule has 162 valence electrons. The fourth-order valence-electron chi connectivity index (χ4n) is 3.02. The number of oxazole rings is 1. The summed E-state index contributed by atoms with van der Waals surface area (Å²) in [7, 11) is 0. The lowest BCUT2D eigenvalue weighted by atomic mass is 10.1. The normalized spacial score (nSPS) is 11.8. The van der Waals surface area contributed by atoms with Gasteiger partial charge >= 0.3 is 0 Å². The number of hydrogen-bond donors (Lipinski definition) is 1. The van der Waals surface area contributed by atoms with Gasteiger partial charge in [0, 0.05) is 5.56 Å². The Labute approximate surface area is 189 Å². The van der Waals surface area contributed by atoms with Gasteiger partial charge in [-0.3, -0.25) is 4.79 Å². The predicted octanol–water partition coefficient (Wildman–Crippen LogP) is 6.35. The lowest BCUT2D eigenvalue weighted by Gasteiger charge is -2.05. The molecule has 0 fully saturated rings. The van der Waals surface area contributed by atoms with Crippen LogP contribution in [0.25, 0.3) is 17.2 Å². The monoisotopic (exact) mass is 447 g/mol. The number of rotatable bonds is 9. The summed E-state index contributed by atoms with van der Waals surface area (Å²) < 4.78 is 24.6. The zero-order valence-corrected chi connectivity index (χ0v) is 18.2. The van der Waals surface area contributed by atoms with Gasteiger partial charge in [0.25, 0.3) is 0 Å². The number of fused-ring (bicyclic) bond motifs is 1. The zero-order chi connectivity index (χ0) is 22.2. The zero-order valence-electron chi connectivity index (χ0n) is 17.3. The molecule has 0 unspecified atom stereocenters. The van der Waals surface area contributed by atoms with E-state index in [4.69, 9.17) is 9.15 Å². The van der Waals surface area contributed by atoms with E-state index in [0.29, 0.717) is 28.7 Å². The molecule has 32 heavy (non-hydrogen) atoms. The number of ether oxygens (including phenoxy) is 1. The molecule has 0 aliphatic rings. The molecule has 0 saturated carbocycles. The van der Waals surface area contributed by atoms with Crippen LogP contribution in [0.2, 0.25) is 0 Å².